The number of methoxy groups -OCH3 is 1. The third-order valence-electron chi connectivity index (χ3n) is 4.47. The normalized spacial score (nSPS) is 15.8. The maximum absolute atomic E-state index is 12.4. The minimum Gasteiger partial charge on any atom is -0.438 e. The monoisotopic (exact) mass is 354 g/mol. The first-order chi connectivity index (χ1) is 12.7. The standard InChI is InChI=1S/C18H18N4O4/c1-10-16(25-9-19-10)18(23)20-14-6-4-11-7-12(3-5-13(11)14)17-21-15(8-24-2)26-22-17/h3,5,7,9,14H,4,6,8H2,1-2H3,(H,20,23). The van der Waals surface area contributed by atoms with Gasteiger partial charge in [-0.2, -0.15) is 4.98 Å². The Hall–Kier alpha value is -3.00. The molecular weight excluding hydrogens is 336 g/mol. The van der Waals surface area contributed by atoms with E-state index in [2.05, 4.69) is 20.4 Å². The van der Waals surface area contributed by atoms with Gasteiger partial charge in [0.1, 0.15) is 6.61 Å². The lowest BCUT2D eigenvalue weighted by Crippen LogP contribution is -2.27. The second-order valence-corrected chi connectivity index (χ2v) is 6.19. The predicted molar refractivity (Wildman–Crippen MR) is 90.2 cm³/mol. The Morgan fingerprint density at radius 2 is 2.31 bits per heavy atom. The van der Waals surface area contributed by atoms with E-state index in [1.165, 1.54) is 12.0 Å². The van der Waals surface area contributed by atoms with Crippen molar-refractivity contribution in [1.29, 1.82) is 0 Å². The Morgan fingerprint density at radius 1 is 1.42 bits per heavy atom. The van der Waals surface area contributed by atoms with Crippen molar-refractivity contribution in [2.45, 2.75) is 32.4 Å². The van der Waals surface area contributed by atoms with Crippen molar-refractivity contribution in [3.05, 3.63) is 53.1 Å². The number of aromatic nitrogens is 3. The Labute approximate surface area is 149 Å². The molecule has 134 valence electrons. The molecule has 8 nitrogen and oxygen atoms in total. The summed E-state index contributed by atoms with van der Waals surface area (Å²) in [6, 6.07) is 5.93. The molecule has 0 saturated carbocycles. The molecule has 4 rings (SSSR count). The second-order valence-electron chi connectivity index (χ2n) is 6.19. The molecule has 8 heteroatoms. The van der Waals surface area contributed by atoms with E-state index in [0.717, 1.165) is 24.0 Å². The smallest absolute Gasteiger partial charge is 0.289 e. The van der Waals surface area contributed by atoms with E-state index in [1.54, 1.807) is 14.0 Å². The van der Waals surface area contributed by atoms with E-state index in [-0.39, 0.29) is 24.3 Å². The lowest BCUT2D eigenvalue weighted by atomic mass is 10.0. The van der Waals surface area contributed by atoms with Gasteiger partial charge in [0.05, 0.1) is 11.7 Å². The van der Waals surface area contributed by atoms with Crippen LogP contribution in [0.3, 0.4) is 0 Å². The van der Waals surface area contributed by atoms with Crippen LogP contribution in [0.4, 0.5) is 0 Å². The first kappa shape index (κ1) is 16.5. The van der Waals surface area contributed by atoms with Gasteiger partial charge in [-0.1, -0.05) is 17.3 Å². The van der Waals surface area contributed by atoms with Gasteiger partial charge < -0.3 is 19.0 Å². The van der Waals surface area contributed by atoms with Gasteiger partial charge in [0, 0.05) is 12.7 Å². The van der Waals surface area contributed by atoms with Gasteiger partial charge in [-0.3, -0.25) is 4.79 Å². The zero-order valence-electron chi connectivity index (χ0n) is 14.5. The molecule has 3 aromatic rings. The summed E-state index contributed by atoms with van der Waals surface area (Å²) in [4.78, 5) is 20.6. The Kier molecular flexibility index (Phi) is 4.26. The van der Waals surface area contributed by atoms with Gasteiger partial charge in [0.15, 0.2) is 6.39 Å². The molecule has 0 aliphatic heterocycles. The van der Waals surface area contributed by atoms with Gasteiger partial charge in [-0.05, 0) is 37.0 Å². The van der Waals surface area contributed by atoms with Crippen molar-refractivity contribution in [3.63, 3.8) is 0 Å². The molecule has 2 aromatic heterocycles. The van der Waals surface area contributed by atoms with Crippen LogP contribution in [-0.4, -0.2) is 28.1 Å². The molecule has 1 aromatic carbocycles. The molecule has 26 heavy (non-hydrogen) atoms. The highest BCUT2D eigenvalue weighted by Gasteiger charge is 2.26. The summed E-state index contributed by atoms with van der Waals surface area (Å²) in [6.07, 6.45) is 2.98. The van der Waals surface area contributed by atoms with Gasteiger partial charge in [-0.15, -0.1) is 0 Å². The molecule has 1 atom stereocenters. The van der Waals surface area contributed by atoms with Crippen molar-refractivity contribution in [3.8, 4) is 11.4 Å². The maximum atomic E-state index is 12.4. The van der Waals surface area contributed by atoms with Crippen LogP contribution in [0.25, 0.3) is 11.4 Å². The fourth-order valence-electron chi connectivity index (χ4n) is 3.20. The van der Waals surface area contributed by atoms with Crippen LogP contribution in [0.2, 0.25) is 0 Å². The maximum Gasteiger partial charge on any atom is 0.289 e. The molecule has 0 fully saturated rings. The van der Waals surface area contributed by atoms with Gasteiger partial charge in [0.25, 0.3) is 11.8 Å². The highest BCUT2D eigenvalue weighted by molar-refractivity contribution is 5.92. The minimum atomic E-state index is -0.246. The number of nitrogens with zero attached hydrogens (tertiary/aromatic N) is 3. The quantitative estimate of drug-likeness (QED) is 0.751. The average molecular weight is 354 g/mol. The number of carbonyl (C=O) groups excluding carboxylic acids is 1. The lowest BCUT2D eigenvalue weighted by Gasteiger charge is -2.13. The largest absolute Gasteiger partial charge is 0.438 e. The molecule has 1 unspecified atom stereocenters. The molecule has 2 heterocycles. The van der Waals surface area contributed by atoms with E-state index in [4.69, 9.17) is 13.7 Å². The number of hydrogen-bond acceptors (Lipinski definition) is 7. The van der Waals surface area contributed by atoms with Crippen LogP contribution in [0.5, 0.6) is 0 Å². The molecule has 0 saturated heterocycles. The summed E-state index contributed by atoms with van der Waals surface area (Å²) in [5, 5.41) is 7.01. The summed E-state index contributed by atoms with van der Waals surface area (Å²) in [6.45, 7) is 2.03. The number of nitrogens with one attached hydrogen (secondary N) is 1. The summed E-state index contributed by atoms with van der Waals surface area (Å²) in [7, 11) is 1.58. The van der Waals surface area contributed by atoms with Gasteiger partial charge in [0.2, 0.25) is 11.6 Å². The summed E-state index contributed by atoms with van der Waals surface area (Å²) >= 11 is 0. The van der Waals surface area contributed by atoms with E-state index in [9.17, 15) is 4.79 Å². The lowest BCUT2D eigenvalue weighted by molar-refractivity contribution is 0.0908. The van der Waals surface area contributed by atoms with Gasteiger partial charge >= 0.3 is 0 Å². The molecule has 1 N–H and O–H groups in total. The molecule has 0 bridgehead atoms. The van der Waals surface area contributed by atoms with Crippen molar-refractivity contribution < 1.29 is 18.5 Å². The van der Waals surface area contributed by atoms with Crippen molar-refractivity contribution in [1.82, 2.24) is 20.4 Å². The number of oxazole rings is 1. The van der Waals surface area contributed by atoms with Crippen molar-refractivity contribution >= 4 is 5.91 Å². The molecule has 1 aliphatic carbocycles. The van der Waals surface area contributed by atoms with Crippen LogP contribution in [0.15, 0.2) is 33.5 Å². The SMILES string of the molecule is COCc1nc(-c2ccc3c(c2)CCC3NC(=O)c2ocnc2C)no1. The number of aryl methyl sites for hydroxylation is 2. The van der Waals surface area contributed by atoms with Crippen LogP contribution in [0, 0.1) is 6.92 Å². The zero-order valence-corrected chi connectivity index (χ0v) is 14.5. The highest BCUT2D eigenvalue weighted by Crippen LogP contribution is 2.34. The highest BCUT2D eigenvalue weighted by atomic mass is 16.5. The summed E-state index contributed by atoms with van der Waals surface area (Å²) < 4.78 is 15.3. The Bertz CT molecular complexity index is 946. The van der Waals surface area contributed by atoms with E-state index < -0.39 is 0 Å². The van der Waals surface area contributed by atoms with Crippen LogP contribution in [-0.2, 0) is 17.8 Å². The van der Waals surface area contributed by atoms with Crippen LogP contribution < -0.4 is 5.32 Å². The Balaban J connectivity index is 1.52. The van der Waals surface area contributed by atoms with Crippen molar-refractivity contribution in [2.75, 3.05) is 7.11 Å². The third-order valence-corrected chi connectivity index (χ3v) is 4.47. The average Bonchev–Trinajstić information content (AvgIpc) is 3.35. The topological polar surface area (TPSA) is 103 Å². The first-order valence-electron chi connectivity index (χ1n) is 8.31. The Morgan fingerprint density at radius 3 is 3.08 bits per heavy atom. The fraction of sp³-hybridized carbons (Fsp3) is 0.333. The third kappa shape index (κ3) is 2.99. The summed E-state index contributed by atoms with van der Waals surface area (Å²) in [5.41, 5.74) is 3.73. The molecular formula is C18H18N4O4. The predicted octanol–water partition coefficient (Wildman–Crippen LogP) is 2.60. The molecule has 1 aliphatic rings. The number of carbonyl (C=O) groups is 1. The molecule has 0 radical (unpaired) electrons. The molecule has 0 spiro atoms. The second kappa shape index (κ2) is 6.72. The zero-order chi connectivity index (χ0) is 18.1. The number of benzene rings is 1. The fourth-order valence-corrected chi connectivity index (χ4v) is 3.20. The van der Waals surface area contributed by atoms with Crippen LogP contribution in [0.1, 0.15) is 45.7 Å². The molecule has 1 amide bonds. The van der Waals surface area contributed by atoms with E-state index in [0.29, 0.717) is 17.4 Å². The first-order valence-corrected chi connectivity index (χ1v) is 8.31. The van der Waals surface area contributed by atoms with Crippen LogP contribution >= 0.6 is 0 Å². The number of amides is 1. The number of ether oxygens (including phenoxy) is 1. The van der Waals surface area contributed by atoms with E-state index in [1.807, 2.05) is 18.2 Å². The van der Waals surface area contributed by atoms with Gasteiger partial charge in [-0.25, -0.2) is 4.98 Å². The minimum absolute atomic E-state index is 0.0506. The number of hydrogen-bond donors (Lipinski definition) is 1. The van der Waals surface area contributed by atoms with Crippen molar-refractivity contribution in [2.24, 2.45) is 0 Å². The number of fused-ring (bicyclic) bond motifs is 1. The van der Waals surface area contributed by atoms with E-state index >= 15 is 0 Å². The number of rotatable bonds is 5. The summed E-state index contributed by atoms with van der Waals surface area (Å²) in [5.74, 6) is 0.983.